The maximum Gasteiger partial charge on any atom is 0.416 e. The van der Waals surface area contributed by atoms with Gasteiger partial charge in [-0.1, -0.05) is 6.07 Å². The van der Waals surface area contributed by atoms with E-state index in [4.69, 9.17) is 4.74 Å². The van der Waals surface area contributed by atoms with Crippen LogP contribution in [-0.2, 0) is 23.9 Å². The van der Waals surface area contributed by atoms with Gasteiger partial charge in [0.1, 0.15) is 24.0 Å². The topological polar surface area (TPSA) is 70.6 Å². The van der Waals surface area contributed by atoms with E-state index in [0.29, 0.717) is 61.7 Å². The molecule has 5 rings (SSSR count). The van der Waals surface area contributed by atoms with Crippen molar-refractivity contribution in [3.05, 3.63) is 52.5 Å². The highest BCUT2D eigenvalue weighted by atomic mass is 19.4. The van der Waals surface area contributed by atoms with Crippen molar-refractivity contribution in [1.29, 1.82) is 0 Å². The number of nitrogens with one attached hydrogen (secondary N) is 1. The van der Waals surface area contributed by atoms with Crippen molar-refractivity contribution in [2.75, 3.05) is 37.7 Å². The van der Waals surface area contributed by atoms with Crippen molar-refractivity contribution in [1.82, 2.24) is 20.2 Å². The molecule has 0 aliphatic carbocycles. The second kappa shape index (κ2) is 10.5. The first-order valence-electron chi connectivity index (χ1n) is 12.7. The van der Waals surface area contributed by atoms with Gasteiger partial charge in [0.2, 0.25) is 0 Å². The number of nitrogens with zero attached hydrogens (tertiary/aromatic N) is 4. The number of likely N-dealkylation sites (tertiary alicyclic amines) is 1. The Kier molecular flexibility index (Phi) is 7.35. The van der Waals surface area contributed by atoms with Gasteiger partial charge in [-0.2, -0.15) is 13.2 Å². The van der Waals surface area contributed by atoms with Crippen LogP contribution >= 0.6 is 0 Å². The van der Waals surface area contributed by atoms with Gasteiger partial charge in [-0.3, -0.25) is 4.79 Å². The molecule has 1 N–H and O–H groups in total. The fraction of sp³-hybridized carbons (Fsp3) is 0.577. The number of rotatable bonds is 4. The Labute approximate surface area is 213 Å². The number of alkyl halides is 4. The fourth-order valence-electron chi connectivity index (χ4n) is 5.48. The highest BCUT2D eigenvalue weighted by Crippen LogP contribution is 2.33. The normalized spacial score (nSPS) is 23.2. The van der Waals surface area contributed by atoms with Crippen LogP contribution in [0, 0.1) is 6.92 Å². The van der Waals surface area contributed by atoms with Gasteiger partial charge >= 0.3 is 6.18 Å². The Morgan fingerprint density at radius 3 is 2.62 bits per heavy atom. The molecule has 11 heteroatoms. The number of piperidine rings is 1. The number of carbonyl (C=O) groups excluding carboxylic acids is 1. The molecule has 0 spiro atoms. The van der Waals surface area contributed by atoms with E-state index < -0.39 is 17.9 Å². The smallest absolute Gasteiger partial charge is 0.378 e. The van der Waals surface area contributed by atoms with Crippen LogP contribution in [0.5, 0.6) is 0 Å². The lowest BCUT2D eigenvalue weighted by molar-refractivity contribution is -0.137. The average Bonchev–Trinajstić information content (AvgIpc) is 2.89. The van der Waals surface area contributed by atoms with E-state index in [9.17, 15) is 22.4 Å². The van der Waals surface area contributed by atoms with Crippen LogP contribution in [0.15, 0.2) is 24.5 Å². The van der Waals surface area contributed by atoms with Gasteiger partial charge in [0.25, 0.3) is 5.91 Å². The van der Waals surface area contributed by atoms with E-state index in [1.54, 1.807) is 17.9 Å². The van der Waals surface area contributed by atoms with Crippen molar-refractivity contribution in [2.45, 2.75) is 63.6 Å². The molecule has 0 saturated carbocycles. The molecule has 1 aromatic heterocycles. The molecule has 2 aromatic rings. The molecule has 2 saturated heterocycles. The summed E-state index contributed by atoms with van der Waals surface area (Å²) in [5.41, 5.74) is 1.76. The van der Waals surface area contributed by atoms with E-state index in [-0.39, 0.29) is 31.1 Å². The summed E-state index contributed by atoms with van der Waals surface area (Å²) >= 11 is 0. The van der Waals surface area contributed by atoms with E-state index >= 15 is 0 Å². The van der Waals surface area contributed by atoms with Crippen molar-refractivity contribution in [2.24, 2.45) is 0 Å². The molecule has 37 heavy (non-hydrogen) atoms. The molecule has 0 bridgehead atoms. The minimum absolute atomic E-state index is 0.121. The molecule has 0 unspecified atom stereocenters. The number of aromatic nitrogens is 2. The van der Waals surface area contributed by atoms with Gasteiger partial charge in [-0.05, 0) is 55.9 Å². The number of hydrogen-bond acceptors (Lipinski definition) is 6. The maximum absolute atomic E-state index is 14.1. The quantitative estimate of drug-likeness (QED) is 0.619. The van der Waals surface area contributed by atoms with Crippen molar-refractivity contribution in [3.63, 3.8) is 0 Å². The monoisotopic (exact) mass is 521 g/mol. The number of ether oxygens (including phenoxy) is 1. The van der Waals surface area contributed by atoms with Crippen molar-refractivity contribution in [3.8, 4) is 0 Å². The summed E-state index contributed by atoms with van der Waals surface area (Å²) in [5, 5.41) is 3.40. The Morgan fingerprint density at radius 1 is 1.11 bits per heavy atom. The Hall–Kier alpha value is -2.79. The van der Waals surface area contributed by atoms with Gasteiger partial charge in [0.05, 0.1) is 12.2 Å². The van der Waals surface area contributed by atoms with Crippen LogP contribution in [0.3, 0.4) is 0 Å². The summed E-state index contributed by atoms with van der Waals surface area (Å²) in [6, 6.07) is 3.80. The summed E-state index contributed by atoms with van der Waals surface area (Å²) < 4.78 is 58.9. The molecule has 3 aliphatic heterocycles. The second-order valence-corrected chi connectivity index (χ2v) is 10.0. The molecule has 1 aromatic carbocycles. The van der Waals surface area contributed by atoms with Gasteiger partial charge in [-0.15, -0.1) is 0 Å². The third-order valence-corrected chi connectivity index (χ3v) is 7.62. The van der Waals surface area contributed by atoms with E-state index in [1.807, 2.05) is 4.90 Å². The number of carbonyl (C=O) groups is 1. The van der Waals surface area contributed by atoms with Gasteiger partial charge in [-0.25, -0.2) is 14.4 Å². The predicted molar refractivity (Wildman–Crippen MR) is 129 cm³/mol. The number of hydrogen-bond donors (Lipinski definition) is 1. The third-order valence-electron chi connectivity index (χ3n) is 7.62. The van der Waals surface area contributed by atoms with E-state index in [0.717, 1.165) is 24.5 Å². The Bertz CT molecular complexity index is 1140. The number of fused-ring (bicyclic) bond motifs is 1. The number of amides is 1. The number of halogens is 4. The van der Waals surface area contributed by atoms with E-state index in [2.05, 4.69) is 15.3 Å². The average molecular weight is 522 g/mol. The minimum Gasteiger partial charge on any atom is -0.378 e. The summed E-state index contributed by atoms with van der Waals surface area (Å²) in [7, 11) is 0. The fourth-order valence-corrected chi connectivity index (χ4v) is 5.48. The first kappa shape index (κ1) is 25.8. The van der Waals surface area contributed by atoms with Gasteiger partial charge in [0, 0.05) is 50.4 Å². The van der Waals surface area contributed by atoms with Gasteiger partial charge < -0.3 is 19.9 Å². The molecule has 0 radical (unpaired) electrons. The van der Waals surface area contributed by atoms with Crippen LogP contribution in [0.2, 0.25) is 0 Å². The number of benzene rings is 1. The highest BCUT2D eigenvalue weighted by molar-refractivity contribution is 5.94. The predicted octanol–water partition coefficient (Wildman–Crippen LogP) is 3.69. The molecule has 200 valence electrons. The van der Waals surface area contributed by atoms with Crippen LogP contribution in [-0.4, -0.2) is 71.9 Å². The summed E-state index contributed by atoms with van der Waals surface area (Å²) in [6.07, 6.45) is -1.40. The van der Waals surface area contributed by atoms with Crippen LogP contribution in [0.4, 0.5) is 23.4 Å². The summed E-state index contributed by atoms with van der Waals surface area (Å²) in [4.78, 5) is 25.7. The van der Waals surface area contributed by atoms with Crippen LogP contribution < -0.4 is 10.2 Å². The minimum atomic E-state index is -4.40. The molecule has 2 atom stereocenters. The molecule has 2 fully saturated rings. The maximum atomic E-state index is 14.1. The first-order valence-corrected chi connectivity index (χ1v) is 12.7. The van der Waals surface area contributed by atoms with Crippen LogP contribution in [0.1, 0.15) is 52.0 Å². The summed E-state index contributed by atoms with van der Waals surface area (Å²) in [5.74, 6) is 0.372. The third kappa shape index (κ3) is 5.57. The second-order valence-electron chi connectivity index (χ2n) is 10.0. The molecule has 4 heterocycles. The largest absolute Gasteiger partial charge is 0.416 e. The molecular formula is C26H31F4N5O2. The zero-order chi connectivity index (χ0) is 26.2. The SMILES string of the molecule is Cc1c(C(=O)N2CCC(N[C@@H]3CCOC[C@@H]3F)CC2)ncnc1N1CCc2ccc(C(F)(F)F)cc2C1. The zero-order valence-corrected chi connectivity index (χ0v) is 20.7. The lowest BCUT2D eigenvalue weighted by atomic mass is 9.96. The van der Waals surface area contributed by atoms with Gasteiger partial charge in [0.15, 0.2) is 0 Å². The molecule has 7 nitrogen and oxygen atoms in total. The molecule has 3 aliphatic rings. The Morgan fingerprint density at radius 2 is 1.89 bits per heavy atom. The summed E-state index contributed by atoms with van der Waals surface area (Å²) in [6.45, 7) is 4.39. The van der Waals surface area contributed by atoms with Crippen molar-refractivity contribution < 1.29 is 27.1 Å². The lowest BCUT2D eigenvalue weighted by Gasteiger charge is -2.36. The first-order chi connectivity index (χ1) is 17.7. The standard InChI is InChI=1S/C26H31F4N5O2/c1-16-23(25(36)34-9-5-20(6-10-34)33-22-7-11-37-14-21(22)27)31-15-32-24(16)35-8-4-17-2-3-19(26(28,29)30)12-18(17)13-35/h2-3,12,15,20-22,33H,4-11,13-14H2,1H3/t21-,22+/m0/s1. The van der Waals surface area contributed by atoms with E-state index in [1.165, 1.54) is 12.4 Å². The number of anilines is 1. The zero-order valence-electron chi connectivity index (χ0n) is 20.7. The highest BCUT2D eigenvalue weighted by Gasteiger charge is 2.33. The molecule has 1 amide bonds. The van der Waals surface area contributed by atoms with Crippen LogP contribution in [0.25, 0.3) is 0 Å². The Balaban J connectivity index is 1.25. The van der Waals surface area contributed by atoms with Crippen molar-refractivity contribution >= 4 is 11.7 Å². The molecular weight excluding hydrogens is 490 g/mol. The lowest BCUT2D eigenvalue weighted by Crippen LogP contribution is -2.52.